The van der Waals surface area contributed by atoms with Gasteiger partial charge in [0.25, 0.3) is 0 Å². The minimum absolute atomic E-state index is 0.382. The molecule has 0 spiro atoms. The molecule has 0 radical (unpaired) electrons. The Kier molecular flexibility index (Phi) is 3.68. The molecule has 3 atom stereocenters. The lowest BCUT2D eigenvalue weighted by Crippen LogP contribution is -2.60. The van der Waals surface area contributed by atoms with E-state index in [1.807, 2.05) is 0 Å². The standard InChI is InChI=1S/C13H26NO/c1-14-9-3-2-8-13(14)12(6-4-10-14)7-5-11-15/h12-13,15H,2-11H2,1H3/q+1/t12-,13-,14+/m0/s1. The second-order valence-electron chi connectivity index (χ2n) is 5.76. The molecule has 1 N–H and O–H groups in total. The highest BCUT2D eigenvalue weighted by Crippen LogP contribution is 2.37. The smallest absolute Gasteiger partial charge is 0.0916 e. The number of quaternary nitrogens is 1. The van der Waals surface area contributed by atoms with Crippen molar-refractivity contribution in [3.05, 3.63) is 0 Å². The molecule has 0 aliphatic carbocycles. The molecule has 2 nitrogen and oxygen atoms in total. The average Bonchev–Trinajstić information content (AvgIpc) is 2.25. The Morgan fingerprint density at radius 2 is 1.93 bits per heavy atom. The molecule has 2 heteroatoms. The number of fused-ring (bicyclic) bond motifs is 1. The second-order valence-corrected chi connectivity index (χ2v) is 5.76. The van der Waals surface area contributed by atoms with Crippen molar-refractivity contribution < 1.29 is 9.59 Å². The lowest BCUT2D eigenvalue weighted by Gasteiger charge is -2.51. The maximum Gasteiger partial charge on any atom is 0.0916 e. The van der Waals surface area contributed by atoms with Gasteiger partial charge in [-0.15, -0.1) is 0 Å². The summed E-state index contributed by atoms with van der Waals surface area (Å²) in [7, 11) is 2.47. The molecule has 0 bridgehead atoms. The van der Waals surface area contributed by atoms with Crippen LogP contribution < -0.4 is 0 Å². The third-order valence-electron chi connectivity index (χ3n) is 4.74. The SMILES string of the molecule is C[N@+]12CCCC[C@H]1[C@H](CCCO)CCC2. The van der Waals surface area contributed by atoms with Gasteiger partial charge in [0.05, 0.1) is 26.2 Å². The zero-order valence-corrected chi connectivity index (χ0v) is 10.1. The van der Waals surface area contributed by atoms with Crippen LogP contribution in [-0.4, -0.2) is 42.4 Å². The van der Waals surface area contributed by atoms with E-state index >= 15 is 0 Å². The third-order valence-corrected chi connectivity index (χ3v) is 4.74. The Morgan fingerprint density at radius 3 is 2.73 bits per heavy atom. The molecule has 0 amide bonds. The molecule has 0 aromatic heterocycles. The van der Waals surface area contributed by atoms with Crippen LogP contribution in [0.4, 0.5) is 0 Å². The molecule has 0 aromatic carbocycles. The fraction of sp³-hybridized carbons (Fsp3) is 1.00. The van der Waals surface area contributed by atoms with E-state index in [0.29, 0.717) is 6.61 Å². The van der Waals surface area contributed by atoms with Crippen LogP contribution in [0.15, 0.2) is 0 Å². The first kappa shape index (κ1) is 11.4. The molecule has 2 heterocycles. The van der Waals surface area contributed by atoms with E-state index in [0.717, 1.165) is 18.4 Å². The van der Waals surface area contributed by atoms with Crippen molar-refractivity contribution in [3.8, 4) is 0 Å². The van der Waals surface area contributed by atoms with E-state index in [9.17, 15) is 0 Å². The number of hydrogen-bond donors (Lipinski definition) is 1. The zero-order chi connectivity index (χ0) is 10.7. The van der Waals surface area contributed by atoms with Crippen LogP contribution in [-0.2, 0) is 0 Å². The molecule has 0 saturated carbocycles. The predicted molar refractivity (Wildman–Crippen MR) is 62.6 cm³/mol. The summed E-state index contributed by atoms with van der Waals surface area (Å²) in [5.41, 5.74) is 0. The molecule has 2 saturated heterocycles. The van der Waals surface area contributed by atoms with Gasteiger partial charge in [0.2, 0.25) is 0 Å². The van der Waals surface area contributed by atoms with E-state index in [4.69, 9.17) is 5.11 Å². The van der Waals surface area contributed by atoms with Gasteiger partial charge in [-0.3, -0.25) is 0 Å². The largest absolute Gasteiger partial charge is 0.396 e. The molecule has 15 heavy (non-hydrogen) atoms. The topological polar surface area (TPSA) is 20.2 Å². The van der Waals surface area contributed by atoms with Gasteiger partial charge in [-0.05, 0) is 44.9 Å². The summed E-state index contributed by atoms with van der Waals surface area (Å²) >= 11 is 0. The van der Waals surface area contributed by atoms with Crippen LogP contribution >= 0.6 is 0 Å². The van der Waals surface area contributed by atoms with Crippen molar-refractivity contribution in [1.29, 1.82) is 0 Å². The van der Waals surface area contributed by atoms with Crippen LogP contribution in [0, 0.1) is 5.92 Å². The molecule has 2 aliphatic rings. The van der Waals surface area contributed by atoms with Gasteiger partial charge >= 0.3 is 0 Å². The van der Waals surface area contributed by atoms with Gasteiger partial charge in [-0.1, -0.05) is 0 Å². The van der Waals surface area contributed by atoms with Crippen molar-refractivity contribution in [1.82, 2.24) is 0 Å². The summed E-state index contributed by atoms with van der Waals surface area (Å²) in [5.74, 6) is 0.899. The summed E-state index contributed by atoms with van der Waals surface area (Å²) in [4.78, 5) is 0. The minimum atomic E-state index is 0.382. The number of piperidine rings is 2. The number of hydrogen-bond acceptors (Lipinski definition) is 1. The van der Waals surface area contributed by atoms with Crippen LogP contribution in [0.1, 0.15) is 44.9 Å². The Hall–Kier alpha value is -0.0800. The molecular formula is C13H26NO+. The van der Waals surface area contributed by atoms with Gasteiger partial charge in [0.1, 0.15) is 0 Å². The van der Waals surface area contributed by atoms with Crippen LogP contribution in [0.2, 0.25) is 0 Å². The summed E-state index contributed by atoms with van der Waals surface area (Å²) < 4.78 is 1.34. The Bertz CT molecular complexity index is 203. The summed E-state index contributed by atoms with van der Waals surface area (Å²) in [5, 5.41) is 8.95. The lowest BCUT2D eigenvalue weighted by atomic mass is 9.79. The van der Waals surface area contributed by atoms with Crippen LogP contribution in [0.5, 0.6) is 0 Å². The first-order valence-electron chi connectivity index (χ1n) is 6.71. The fourth-order valence-corrected chi connectivity index (χ4v) is 3.92. The molecule has 0 aromatic rings. The first-order valence-corrected chi connectivity index (χ1v) is 6.71. The number of nitrogens with zero attached hydrogens (tertiary/aromatic N) is 1. The highest BCUT2D eigenvalue weighted by Gasteiger charge is 2.42. The Balaban J connectivity index is 1.99. The number of aliphatic hydroxyl groups excluding tert-OH is 1. The number of rotatable bonds is 3. The average molecular weight is 212 g/mol. The van der Waals surface area contributed by atoms with Crippen molar-refractivity contribution in [2.24, 2.45) is 5.92 Å². The zero-order valence-electron chi connectivity index (χ0n) is 10.1. The maximum absolute atomic E-state index is 8.95. The number of aliphatic hydroxyl groups is 1. The van der Waals surface area contributed by atoms with Gasteiger partial charge in [0.15, 0.2) is 0 Å². The van der Waals surface area contributed by atoms with Crippen LogP contribution in [0.25, 0.3) is 0 Å². The van der Waals surface area contributed by atoms with Crippen molar-refractivity contribution in [3.63, 3.8) is 0 Å². The van der Waals surface area contributed by atoms with Crippen molar-refractivity contribution in [2.45, 2.75) is 51.0 Å². The van der Waals surface area contributed by atoms with E-state index in [1.165, 1.54) is 56.1 Å². The molecular weight excluding hydrogens is 186 g/mol. The van der Waals surface area contributed by atoms with E-state index in [2.05, 4.69) is 7.05 Å². The van der Waals surface area contributed by atoms with Crippen molar-refractivity contribution >= 4 is 0 Å². The molecule has 0 unspecified atom stereocenters. The molecule has 88 valence electrons. The molecule has 2 aliphatic heterocycles. The minimum Gasteiger partial charge on any atom is -0.396 e. The summed E-state index contributed by atoms with van der Waals surface area (Å²) in [6, 6.07) is 0.916. The normalized spacial score (nSPS) is 41.2. The second kappa shape index (κ2) is 4.84. The maximum atomic E-state index is 8.95. The van der Waals surface area contributed by atoms with Gasteiger partial charge in [-0.25, -0.2) is 0 Å². The lowest BCUT2D eigenvalue weighted by molar-refractivity contribution is -0.947. The van der Waals surface area contributed by atoms with E-state index in [1.54, 1.807) is 0 Å². The fourth-order valence-electron chi connectivity index (χ4n) is 3.92. The Morgan fingerprint density at radius 1 is 1.13 bits per heavy atom. The monoisotopic (exact) mass is 212 g/mol. The van der Waals surface area contributed by atoms with Gasteiger partial charge in [-0.2, -0.15) is 0 Å². The quantitative estimate of drug-likeness (QED) is 0.711. The molecule has 2 fully saturated rings. The Labute approximate surface area is 93.9 Å². The van der Waals surface area contributed by atoms with Crippen LogP contribution in [0.3, 0.4) is 0 Å². The third kappa shape index (κ3) is 2.36. The van der Waals surface area contributed by atoms with E-state index in [-0.39, 0.29) is 0 Å². The summed E-state index contributed by atoms with van der Waals surface area (Å²) in [6.45, 7) is 3.19. The highest BCUT2D eigenvalue weighted by atomic mass is 16.2. The predicted octanol–water partition coefficient (Wildman–Crippen LogP) is 2.17. The molecule has 2 rings (SSSR count). The van der Waals surface area contributed by atoms with Gasteiger partial charge in [0, 0.05) is 12.5 Å². The van der Waals surface area contributed by atoms with Crippen molar-refractivity contribution in [2.75, 3.05) is 26.7 Å². The highest BCUT2D eigenvalue weighted by molar-refractivity contribution is 4.78. The first-order chi connectivity index (χ1) is 7.26. The van der Waals surface area contributed by atoms with Gasteiger partial charge < -0.3 is 9.59 Å². The van der Waals surface area contributed by atoms with E-state index < -0.39 is 0 Å². The summed E-state index contributed by atoms with van der Waals surface area (Å²) in [6.07, 6.45) is 9.40.